The van der Waals surface area contributed by atoms with Gasteiger partial charge in [0, 0.05) is 18.3 Å². The predicted molar refractivity (Wildman–Crippen MR) is 127 cm³/mol. The normalized spacial score (nSPS) is 41.9. The van der Waals surface area contributed by atoms with E-state index in [0.717, 1.165) is 25.7 Å². The van der Waals surface area contributed by atoms with Crippen molar-refractivity contribution in [2.45, 2.75) is 83.1 Å². The molecule has 2 saturated carbocycles. The van der Waals surface area contributed by atoms with Crippen molar-refractivity contribution in [1.82, 2.24) is 0 Å². The third-order valence-electron chi connectivity index (χ3n) is 9.14. The number of hydrogen-bond acceptors (Lipinski definition) is 4. The van der Waals surface area contributed by atoms with Crippen LogP contribution in [0.1, 0.15) is 58.4 Å². The number of rotatable bonds is 4. The van der Waals surface area contributed by atoms with E-state index in [-0.39, 0.29) is 29.5 Å². The Kier molecular flexibility index (Phi) is 5.41. The molecule has 0 aromatic heterocycles. The fourth-order valence-electron chi connectivity index (χ4n) is 7.33. The zero-order chi connectivity index (χ0) is 22.6. The van der Waals surface area contributed by atoms with E-state index in [4.69, 9.17) is 19.2 Å². The van der Waals surface area contributed by atoms with Crippen LogP contribution in [0.2, 0.25) is 0 Å². The van der Waals surface area contributed by atoms with E-state index in [1.807, 2.05) is 0 Å². The van der Waals surface area contributed by atoms with Gasteiger partial charge >= 0.3 is 0 Å². The van der Waals surface area contributed by atoms with Crippen LogP contribution in [-0.2, 0) is 25.9 Å². The van der Waals surface area contributed by atoms with Crippen LogP contribution in [-0.4, -0.2) is 23.6 Å². The SMILES string of the molecule is C[C@H]1[C@@H](OCc2ccccc2-c2ccccc2)O[C@H]2C[C@]3(C)CC[C@H]4[C@H](C)CC[C@@H]1[C@@]24OO3. The highest BCUT2D eigenvalue weighted by Crippen LogP contribution is 2.61. The van der Waals surface area contributed by atoms with Crippen LogP contribution in [0.5, 0.6) is 0 Å². The molecule has 4 nitrogen and oxygen atoms in total. The van der Waals surface area contributed by atoms with Gasteiger partial charge in [-0.05, 0) is 61.1 Å². The molecule has 0 unspecified atom stereocenters. The number of hydrogen-bond donors (Lipinski definition) is 0. The van der Waals surface area contributed by atoms with Crippen molar-refractivity contribution >= 4 is 0 Å². The van der Waals surface area contributed by atoms with Gasteiger partial charge in [0.1, 0.15) is 11.2 Å². The Bertz CT molecular complexity index is 992. The summed E-state index contributed by atoms with van der Waals surface area (Å²) in [6.45, 7) is 7.41. The summed E-state index contributed by atoms with van der Waals surface area (Å²) in [5, 5.41) is 0. The fraction of sp³-hybridized carbons (Fsp3) is 0.586. The summed E-state index contributed by atoms with van der Waals surface area (Å²) in [6.07, 6.45) is 5.30. The summed E-state index contributed by atoms with van der Waals surface area (Å²) in [5.74, 6) is 1.78. The lowest BCUT2D eigenvalue weighted by atomic mass is 9.56. The Labute approximate surface area is 197 Å². The second-order valence-corrected chi connectivity index (χ2v) is 11.2. The molecule has 7 rings (SSSR count). The van der Waals surface area contributed by atoms with Gasteiger partial charge in [-0.1, -0.05) is 68.4 Å². The average Bonchev–Trinajstić information content (AvgIpc) is 3.07. The van der Waals surface area contributed by atoms with E-state index in [1.165, 1.54) is 23.1 Å². The first-order valence-corrected chi connectivity index (χ1v) is 12.8. The lowest BCUT2D eigenvalue weighted by molar-refractivity contribution is -0.496. The van der Waals surface area contributed by atoms with Crippen LogP contribution >= 0.6 is 0 Å². The molecule has 2 aromatic carbocycles. The molecule has 3 saturated heterocycles. The summed E-state index contributed by atoms with van der Waals surface area (Å²) in [7, 11) is 0. The zero-order valence-electron chi connectivity index (χ0n) is 20.0. The van der Waals surface area contributed by atoms with E-state index in [9.17, 15) is 0 Å². The second-order valence-electron chi connectivity index (χ2n) is 11.2. The lowest BCUT2D eigenvalue weighted by Crippen LogP contribution is -2.69. The molecule has 33 heavy (non-hydrogen) atoms. The summed E-state index contributed by atoms with van der Waals surface area (Å²) in [4.78, 5) is 12.5. The first-order valence-electron chi connectivity index (χ1n) is 12.8. The molecule has 5 fully saturated rings. The first kappa shape index (κ1) is 21.8. The number of fused-ring (bicyclic) bond motifs is 2. The lowest BCUT2D eigenvalue weighted by Gasteiger charge is -2.61. The molecular weight excluding hydrogens is 412 g/mol. The van der Waals surface area contributed by atoms with Crippen molar-refractivity contribution in [3.05, 3.63) is 60.2 Å². The fourth-order valence-corrected chi connectivity index (χ4v) is 7.33. The Morgan fingerprint density at radius 1 is 0.909 bits per heavy atom. The van der Waals surface area contributed by atoms with Crippen molar-refractivity contribution < 1.29 is 19.2 Å². The molecule has 4 heteroatoms. The highest BCUT2D eigenvalue weighted by molar-refractivity contribution is 5.67. The third kappa shape index (κ3) is 3.49. The molecule has 2 aromatic rings. The van der Waals surface area contributed by atoms with E-state index < -0.39 is 0 Å². The molecule has 2 bridgehead atoms. The van der Waals surface area contributed by atoms with Gasteiger partial charge in [-0.15, -0.1) is 0 Å². The second kappa shape index (κ2) is 8.20. The van der Waals surface area contributed by atoms with Gasteiger partial charge in [0.15, 0.2) is 6.29 Å². The minimum Gasteiger partial charge on any atom is -0.348 e. The molecule has 8 atom stereocenters. The van der Waals surface area contributed by atoms with Crippen molar-refractivity contribution in [1.29, 1.82) is 0 Å². The number of ether oxygens (including phenoxy) is 2. The molecule has 1 spiro atoms. The first-order chi connectivity index (χ1) is 16.0. The Hall–Kier alpha value is -1.72. The van der Waals surface area contributed by atoms with Gasteiger partial charge in [-0.3, -0.25) is 0 Å². The summed E-state index contributed by atoms with van der Waals surface area (Å²) in [5.41, 5.74) is 3.06. The Balaban J connectivity index is 1.27. The van der Waals surface area contributed by atoms with Crippen molar-refractivity contribution in [2.75, 3.05) is 0 Å². The molecule has 0 amide bonds. The topological polar surface area (TPSA) is 36.9 Å². The van der Waals surface area contributed by atoms with Crippen LogP contribution in [0.3, 0.4) is 0 Å². The van der Waals surface area contributed by atoms with E-state index >= 15 is 0 Å². The summed E-state index contributed by atoms with van der Waals surface area (Å²) < 4.78 is 13.4. The van der Waals surface area contributed by atoms with Gasteiger partial charge in [0.05, 0.1) is 12.7 Å². The van der Waals surface area contributed by atoms with Gasteiger partial charge in [0.25, 0.3) is 0 Å². The van der Waals surface area contributed by atoms with Gasteiger partial charge in [-0.2, -0.15) is 0 Å². The predicted octanol–water partition coefficient (Wildman–Crippen LogP) is 6.54. The van der Waals surface area contributed by atoms with E-state index in [2.05, 4.69) is 75.4 Å². The molecule has 3 heterocycles. The minimum atomic E-state index is -0.325. The smallest absolute Gasteiger partial charge is 0.161 e. The third-order valence-corrected chi connectivity index (χ3v) is 9.14. The van der Waals surface area contributed by atoms with Gasteiger partial charge < -0.3 is 9.47 Å². The molecular formula is C29H36O4. The molecule has 176 valence electrons. The van der Waals surface area contributed by atoms with Gasteiger partial charge in [-0.25, -0.2) is 9.78 Å². The van der Waals surface area contributed by atoms with Crippen LogP contribution < -0.4 is 0 Å². The minimum absolute atomic E-state index is 0.0297. The van der Waals surface area contributed by atoms with Crippen LogP contribution in [0.4, 0.5) is 0 Å². The highest BCUT2D eigenvalue weighted by atomic mass is 17.2. The van der Waals surface area contributed by atoms with E-state index in [0.29, 0.717) is 24.4 Å². The monoisotopic (exact) mass is 448 g/mol. The van der Waals surface area contributed by atoms with E-state index in [1.54, 1.807) is 0 Å². The number of benzene rings is 2. The van der Waals surface area contributed by atoms with Crippen LogP contribution in [0.15, 0.2) is 54.6 Å². The van der Waals surface area contributed by atoms with Crippen LogP contribution in [0, 0.1) is 23.7 Å². The molecule has 0 radical (unpaired) electrons. The van der Waals surface area contributed by atoms with Crippen LogP contribution in [0.25, 0.3) is 11.1 Å². The molecule has 0 N–H and O–H groups in total. The quantitative estimate of drug-likeness (QED) is 0.498. The maximum absolute atomic E-state index is 6.80. The van der Waals surface area contributed by atoms with Crippen molar-refractivity contribution in [2.24, 2.45) is 23.7 Å². The Morgan fingerprint density at radius 3 is 2.55 bits per heavy atom. The molecule has 5 aliphatic rings. The summed E-state index contributed by atoms with van der Waals surface area (Å²) >= 11 is 0. The van der Waals surface area contributed by atoms with Crippen molar-refractivity contribution in [3.63, 3.8) is 0 Å². The average molecular weight is 449 g/mol. The largest absolute Gasteiger partial charge is 0.348 e. The van der Waals surface area contributed by atoms with Gasteiger partial charge in [0.2, 0.25) is 0 Å². The highest BCUT2D eigenvalue weighted by Gasteiger charge is 2.68. The molecule has 2 aliphatic carbocycles. The summed E-state index contributed by atoms with van der Waals surface area (Å²) in [6, 6.07) is 19.1. The zero-order valence-corrected chi connectivity index (χ0v) is 20.0. The standard InChI is InChI=1S/C29H36O4/c1-19-13-14-25-20(2)27(31-26-17-28(3)16-15-24(19)29(25,26)33-32-28)30-18-22-11-7-8-12-23(22)21-9-5-4-6-10-21/h4-12,19-20,24-27H,13-18H2,1-3H3/t19-,20-,24+,25+,26+,27+,28+,29-/m1/s1. The maximum atomic E-state index is 6.80. The molecule has 3 aliphatic heterocycles. The Morgan fingerprint density at radius 2 is 1.70 bits per heavy atom. The van der Waals surface area contributed by atoms with Crippen molar-refractivity contribution in [3.8, 4) is 11.1 Å². The maximum Gasteiger partial charge on any atom is 0.161 e.